The summed E-state index contributed by atoms with van der Waals surface area (Å²) in [6, 6.07) is 17.9. The zero-order valence-corrected chi connectivity index (χ0v) is 26.2. The molecule has 1 aliphatic rings. The number of benzene rings is 2. The van der Waals surface area contributed by atoms with Gasteiger partial charge in [-0.15, -0.1) is 0 Å². The Bertz CT molecular complexity index is 2000. The molecule has 0 radical (unpaired) electrons. The minimum Gasteiger partial charge on any atom is -0.381 e. The van der Waals surface area contributed by atoms with Crippen molar-refractivity contribution in [1.29, 1.82) is 5.26 Å². The van der Waals surface area contributed by atoms with Gasteiger partial charge in [0.25, 0.3) is 18.2 Å². The average molecular weight is 619 g/mol. The van der Waals surface area contributed by atoms with Crippen LogP contribution < -0.4 is 16.6 Å². The lowest BCUT2D eigenvalue weighted by Crippen LogP contribution is -2.37. The third-order valence-corrected chi connectivity index (χ3v) is 7.97. The van der Waals surface area contributed by atoms with Crippen LogP contribution >= 0.6 is 0 Å². The van der Waals surface area contributed by atoms with Gasteiger partial charge in [-0.25, -0.2) is 10.2 Å². The van der Waals surface area contributed by atoms with Crippen molar-refractivity contribution in [1.82, 2.24) is 14.3 Å². The van der Waals surface area contributed by atoms with Gasteiger partial charge in [-0.2, -0.15) is 4.74 Å². The molecule has 1 fully saturated rings. The number of hydrogen-bond acceptors (Lipinski definition) is 7. The number of pyridine rings is 1. The second-order valence-corrected chi connectivity index (χ2v) is 10.9. The molecule has 0 spiro atoms. The van der Waals surface area contributed by atoms with Crippen LogP contribution in [0.3, 0.4) is 0 Å². The fraction of sp³-hybridized carbons (Fsp3) is 0.265. The molecule has 0 saturated carbocycles. The quantitative estimate of drug-likeness (QED) is 0.212. The van der Waals surface area contributed by atoms with Crippen molar-refractivity contribution in [3.8, 4) is 28.4 Å². The van der Waals surface area contributed by atoms with E-state index < -0.39 is 11.8 Å². The van der Waals surface area contributed by atoms with Gasteiger partial charge in [0.2, 0.25) is 5.91 Å². The zero-order valence-electron chi connectivity index (χ0n) is 26.2. The van der Waals surface area contributed by atoms with Crippen molar-refractivity contribution in [3.05, 3.63) is 94.2 Å². The molecule has 3 N–H and O–H groups in total. The number of ether oxygens (including phenoxy) is 1. The van der Waals surface area contributed by atoms with Crippen molar-refractivity contribution in [2.24, 2.45) is 12.8 Å². The van der Waals surface area contributed by atoms with Gasteiger partial charge >= 0.3 is 0 Å². The van der Waals surface area contributed by atoms with E-state index in [1.807, 2.05) is 54.8 Å². The molecule has 3 aromatic heterocycles. The number of carbonyl (C=O) groups excluding carboxylic acids is 2. The van der Waals surface area contributed by atoms with Crippen LogP contribution in [0.5, 0.6) is 0 Å². The summed E-state index contributed by atoms with van der Waals surface area (Å²) in [4.78, 5) is 42.3. The summed E-state index contributed by atoms with van der Waals surface area (Å²) in [6.07, 6.45) is 3.04. The maximum atomic E-state index is 13.6. The third kappa shape index (κ3) is 6.36. The number of amides is 2. The number of nitrogens with two attached hydrogens (primary N) is 1. The number of aromatic nitrogens is 3. The van der Waals surface area contributed by atoms with E-state index in [-0.39, 0.29) is 29.6 Å². The number of anilines is 1. The molecule has 1 aliphatic heterocycles. The number of rotatable bonds is 9. The molecule has 234 valence electrons. The molecule has 0 atom stereocenters. The van der Waals surface area contributed by atoms with Crippen LogP contribution in [0, 0.1) is 18.2 Å². The first-order valence-electron chi connectivity index (χ1n) is 15.2. The van der Waals surface area contributed by atoms with Crippen LogP contribution in [0.4, 0.5) is 5.69 Å². The first-order valence-corrected chi connectivity index (χ1v) is 15.2. The van der Waals surface area contributed by atoms with Crippen LogP contribution in [0.1, 0.15) is 40.5 Å². The molecule has 4 heterocycles. The third-order valence-electron chi connectivity index (χ3n) is 7.97. The Hall–Kier alpha value is -5.41. The summed E-state index contributed by atoms with van der Waals surface area (Å²) in [7, 11) is 1.58. The molecule has 11 nitrogen and oxygen atoms in total. The molecular formula is C34H35BN6O5. The first kappa shape index (κ1) is 32.0. The fourth-order valence-corrected chi connectivity index (χ4v) is 5.65. The van der Waals surface area contributed by atoms with E-state index in [0.717, 1.165) is 22.2 Å². The lowest BCUT2D eigenvalue weighted by Gasteiger charge is -2.28. The number of fused-ring (bicyclic) bond motifs is 1. The summed E-state index contributed by atoms with van der Waals surface area (Å²) in [5.74, 6) is 1.77. The Morgan fingerprint density at radius 3 is 2.50 bits per heavy atom. The lowest BCUT2D eigenvalue weighted by atomic mass is 9.35. The summed E-state index contributed by atoms with van der Waals surface area (Å²) < 4.78 is 14.8. The highest BCUT2D eigenvalue weighted by Crippen LogP contribution is 2.32. The Morgan fingerprint density at radius 2 is 1.85 bits per heavy atom. The SMILES string of the molecule is CC.Cc1on(C)c(=O)c1-c1ccc(-c2cc3ccnc(C(=O)Nc4cccc(C(N)=O)c4)c3n2CCOC2CB(C#N)C2)cc1. The number of nitriles is 1. The van der Waals surface area contributed by atoms with Crippen LogP contribution in [0.2, 0.25) is 12.6 Å². The van der Waals surface area contributed by atoms with Gasteiger partial charge in [0, 0.05) is 54.2 Å². The number of hydrogen-bond donors (Lipinski definition) is 2. The van der Waals surface area contributed by atoms with E-state index >= 15 is 0 Å². The average Bonchev–Trinajstić information content (AvgIpc) is 3.54. The molecule has 12 heteroatoms. The summed E-state index contributed by atoms with van der Waals surface area (Å²) in [5, 5.41) is 12.8. The smallest absolute Gasteiger partial charge is 0.290 e. The van der Waals surface area contributed by atoms with Crippen LogP contribution in [0.15, 0.2) is 76.2 Å². The van der Waals surface area contributed by atoms with E-state index in [1.165, 1.54) is 10.8 Å². The van der Waals surface area contributed by atoms with Crippen molar-refractivity contribution < 1.29 is 18.8 Å². The van der Waals surface area contributed by atoms with Gasteiger partial charge in [0.1, 0.15) is 5.76 Å². The van der Waals surface area contributed by atoms with Gasteiger partial charge in [-0.05, 0) is 61.0 Å². The van der Waals surface area contributed by atoms with Crippen LogP contribution in [-0.2, 0) is 18.3 Å². The standard InChI is InChI=1S/C32H29BN6O5.C2H6/c1-19-27(32(42)38(2)44-19)21-8-6-20(7-9-21)26-15-22-10-11-36-28(31(41)37-24-5-3-4-23(14-24)30(35)40)29(22)39(26)12-13-43-25-16-33(17-25)18-34;1-2/h3-11,14-15,25H,12-13,16-17H2,1-2H3,(H2,35,40)(H,37,41);1-2H3. The Labute approximate surface area is 266 Å². The topological polar surface area (TPSA) is 158 Å². The lowest BCUT2D eigenvalue weighted by molar-refractivity contribution is 0.0619. The largest absolute Gasteiger partial charge is 0.381 e. The number of nitrogens with zero attached hydrogens (tertiary/aromatic N) is 4. The van der Waals surface area contributed by atoms with E-state index in [9.17, 15) is 14.4 Å². The maximum Gasteiger partial charge on any atom is 0.290 e. The fourth-order valence-electron chi connectivity index (χ4n) is 5.65. The van der Waals surface area contributed by atoms with Crippen molar-refractivity contribution >= 4 is 35.1 Å². The molecule has 46 heavy (non-hydrogen) atoms. The number of nitrogens with one attached hydrogen (secondary N) is 1. The van der Waals surface area contributed by atoms with E-state index in [2.05, 4.69) is 16.3 Å². The second kappa shape index (κ2) is 13.7. The molecule has 0 bridgehead atoms. The second-order valence-electron chi connectivity index (χ2n) is 10.9. The minimum atomic E-state index is -0.596. The predicted molar refractivity (Wildman–Crippen MR) is 178 cm³/mol. The molecule has 6 rings (SSSR count). The molecule has 5 aromatic rings. The molecule has 2 aromatic carbocycles. The van der Waals surface area contributed by atoms with E-state index in [0.29, 0.717) is 48.3 Å². The maximum absolute atomic E-state index is 13.6. The molecule has 0 aliphatic carbocycles. The van der Waals surface area contributed by atoms with Crippen molar-refractivity contribution in [2.45, 2.75) is 46.1 Å². The Kier molecular flexibility index (Phi) is 9.54. The van der Waals surface area contributed by atoms with Gasteiger partial charge in [0.05, 0.1) is 17.7 Å². The normalized spacial score (nSPS) is 12.6. The van der Waals surface area contributed by atoms with Crippen molar-refractivity contribution in [3.63, 3.8) is 0 Å². The highest BCUT2D eigenvalue weighted by molar-refractivity contribution is 6.70. The molecule has 1 saturated heterocycles. The van der Waals surface area contributed by atoms with Crippen LogP contribution in [0.25, 0.3) is 33.3 Å². The number of aryl methyl sites for hydroxylation is 2. The Balaban J connectivity index is 0.00000204. The number of primary amides is 1. The predicted octanol–water partition coefficient (Wildman–Crippen LogP) is 5.30. The van der Waals surface area contributed by atoms with Gasteiger partial charge in [0.15, 0.2) is 5.69 Å². The van der Waals surface area contributed by atoms with E-state index in [1.54, 1.807) is 38.4 Å². The van der Waals surface area contributed by atoms with E-state index in [4.69, 9.17) is 20.3 Å². The highest BCUT2D eigenvalue weighted by atomic mass is 16.5. The molecular weight excluding hydrogens is 583 g/mol. The summed E-state index contributed by atoms with van der Waals surface area (Å²) in [5.41, 5.74) is 9.70. The van der Waals surface area contributed by atoms with Crippen LogP contribution in [-0.4, -0.2) is 45.5 Å². The van der Waals surface area contributed by atoms with Gasteiger partial charge < -0.3 is 24.9 Å². The summed E-state index contributed by atoms with van der Waals surface area (Å²) in [6.45, 7) is 6.59. The highest BCUT2D eigenvalue weighted by Gasteiger charge is 2.33. The molecule has 0 unspecified atom stereocenters. The Morgan fingerprint density at radius 1 is 1.13 bits per heavy atom. The van der Waals surface area contributed by atoms with Crippen molar-refractivity contribution in [2.75, 3.05) is 11.9 Å². The first-order chi connectivity index (χ1) is 22.2. The number of carbonyl (C=O) groups is 2. The molecule has 2 amide bonds. The zero-order chi connectivity index (χ0) is 33.0. The monoisotopic (exact) mass is 618 g/mol. The minimum absolute atomic E-state index is 0.0310. The summed E-state index contributed by atoms with van der Waals surface area (Å²) >= 11 is 0. The van der Waals surface area contributed by atoms with Gasteiger partial charge in [-0.1, -0.05) is 44.2 Å². The van der Waals surface area contributed by atoms with Gasteiger partial charge in [-0.3, -0.25) is 14.4 Å².